The van der Waals surface area contributed by atoms with Crippen molar-refractivity contribution in [3.8, 4) is 0 Å². The van der Waals surface area contributed by atoms with E-state index in [1.165, 1.54) is 10.4 Å². The molecule has 0 spiro atoms. The molecule has 1 aliphatic heterocycles. The van der Waals surface area contributed by atoms with Gasteiger partial charge < -0.3 is 5.73 Å². The summed E-state index contributed by atoms with van der Waals surface area (Å²) in [6, 6.07) is 4.82. The fourth-order valence-corrected chi connectivity index (χ4v) is 4.83. The van der Waals surface area contributed by atoms with E-state index >= 15 is 0 Å². The van der Waals surface area contributed by atoms with E-state index in [0.717, 1.165) is 17.3 Å². The summed E-state index contributed by atoms with van der Waals surface area (Å²) in [6.07, 6.45) is 1.83. The first-order chi connectivity index (χ1) is 8.95. The molecule has 4 nitrogen and oxygen atoms in total. The Labute approximate surface area is 127 Å². The molecule has 1 aromatic carbocycles. The van der Waals surface area contributed by atoms with Gasteiger partial charge in [-0.05, 0) is 43.5 Å². The van der Waals surface area contributed by atoms with Crippen LogP contribution < -0.4 is 5.73 Å². The third-order valence-corrected chi connectivity index (χ3v) is 6.17. The lowest BCUT2D eigenvalue weighted by molar-refractivity contribution is 0.271. The summed E-state index contributed by atoms with van der Waals surface area (Å²) >= 11 is 9.31. The van der Waals surface area contributed by atoms with Crippen LogP contribution in [0.1, 0.15) is 12.8 Å². The summed E-state index contributed by atoms with van der Waals surface area (Å²) in [6.45, 7) is 1.52. The Kier molecular flexibility index (Phi) is 4.89. The molecule has 0 bridgehead atoms. The highest BCUT2D eigenvalue weighted by Crippen LogP contribution is 2.30. The van der Waals surface area contributed by atoms with Crippen molar-refractivity contribution in [1.82, 2.24) is 4.31 Å². The summed E-state index contributed by atoms with van der Waals surface area (Å²) in [4.78, 5) is 0.162. The largest absolute Gasteiger partial charge is 0.330 e. The molecular formula is C12H16BrClN2O2S. The maximum absolute atomic E-state index is 12.6. The number of hydrogen-bond donors (Lipinski definition) is 1. The molecule has 1 atom stereocenters. The van der Waals surface area contributed by atoms with Crippen molar-refractivity contribution < 1.29 is 8.42 Å². The molecule has 1 aromatic rings. The zero-order valence-corrected chi connectivity index (χ0v) is 13.5. The molecule has 0 aliphatic carbocycles. The Bertz CT molecular complexity index is 565. The third-order valence-electron chi connectivity index (χ3n) is 3.33. The number of rotatable bonds is 3. The highest BCUT2D eigenvalue weighted by molar-refractivity contribution is 9.10. The first kappa shape index (κ1) is 15.3. The molecule has 1 fully saturated rings. The summed E-state index contributed by atoms with van der Waals surface area (Å²) in [5.41, 5.74) is 5.64. The molecular weight excluding hydrogens is 352 g/mol. The number of sulfonamides is 1. The second kappa shape index (κ2) is 6.10. The maximum atomic E-state index is 12.6. The summed E-state index contributed by atoms with van der Waals surface area (Å²) in [7, 11) is -3.53. The van der Waals surface area contributed by atoms with E-state index in [0.29, 0.717) is 19.6 Å². The molecule has 2 N–H and O–H groups in total. The molecule has 0 amide bonds. The monoisotopic (exact) mass is 366 g/mol. The second-order valence-electron chi connectivity index (χ2n) is 4.68. The van der Waals surface area contributed by atoms with Gasteiger partial charge in [0, 0.05) is 17.6 Å². The lowest BCUT2D eigenvalue weighted by Gasteiger charge is -2.31. The quantitative estimate of drug-likeness (QED) is 0.892. The molecule has 1 saturated heterocycles. The molecule has 19 heavy (non-hydrogen) atoms. The highest BCUT2D eigenvalue weighted by Gasteiger charge is 2.31. The number of piperidine rings is 1. The van der Waals surface area contributed by atoms with Gasteiger partial charge in [0.15, 0.2) is 0 Å². The van der Waals surface area contributed by atoms with E-state index in [-0.39, 0.29) is 15.8 Å². The highest BCUT2D eigenvalue weighted by atomic mass is 79.9. The summed E-state index contributed by atoms with van der Waals surface area (Å²) in [5.74, 6) is 0.234. The minimum atomic E-state index is -3.53. The van der Waals surface area contributed by atoms with Crippen LogP contribution >= 0.6 is 27.5 Å². The van der Waals surface area contributed by atoms with Gasteiger partial charge in [0.25, 0.3) is 0 Å². The number of halogens is 2. The van der Waals surface area contributed by atoms with Crippen molar-refractivity contribution in [1.29, 1.82) is 0 Å². The first-order valence-corrected chi connectivity index (χ1v) is 8.71. The standard InChI is InChI=1S/C12H16BrClN2O2S/c13-10-3-4-12(11(14)6-10)19(17,18)16-5-1-2-9(7-15)8-16/h3-4,6,9H,1-2,5,7-8,15H2. The van der Waals surface area contributed by atoms with Gasteiger partial charge in [-0.2, -0.15) is 4.31 Å². The first-order valence-electron chi connectivity index (χ1n) is 6.10. The van der Waals surface area contributed by atoms with Crippen molar-refractivity contribution in [2.24, 2.45) is 11.7 Å². The van der Waals surface area contributed by atoms with Crippen molar-refractivity contribution in [3.63, 3.8) is 0 Å². The average Bonchev–Trinajstić information content (AvgIpc) is 2.38. The third kappa shape index (κ3) is 3.31. The Hall–Kier alpha value is -0.140. The van der Waals surface area contributed by atoms with E-state index in [1.807, 2.05) is 0 Å². The van der Waals surface area contributed by atoms with Crippen LogP contribution in [0.5, 0.6) is 0 Å². The smallest absolute Gasteiger partial charge is 0.244 e. The van der Waals surface area contributed by atoms with Gasteiger partial charge in [-0.25, -0.2) is 8.42 Å². The van der Waals surface area contributed by atoms with Crippen LogP contribution in [0, 0.1) is 5.92 Å². The molecule has 1 heterocycles. The van der Waals surface area contributed by atoms with Crippen LogP contribution in [0.4, 0.5) is 0 Å². The normalized spacial score (nSPS) is 21.5. The average molecular weight is 368 g/mol. The van der Waals surface area contributed by atoms with Crippen molar-refractivity contribution in [2.45, 2.75) is 17.7 Å². The van der Waals surface area contributed by atoms with Crippen LogP contribution in [0.2, 0.25) is 5.02 Å². The number of hydrogen-bond acceptors (Lipinski definition) is 3. The maximum Gasteiger partial charge on any atom is 0.244 e. The van der Waals surface area contributed by atoms with Crippen LogP contribution in [0.15, 0.2) is 27.6 Å². The predicted octanol–water partition coefficient (Wildman–Crippen LogP) is 2.46. The second-order valence-corrected chi connectivity index (χ2v) is 7.91. The molecule has 1 unspecified atom stereocenters. The zero-order valence-electron chi connectivity index (χ0n) is 10.4. The van der Waals surface area contributed by atoms with Gasteiger partial charge in [-0.3, -0.25) is 0 Å². The zero-order chi connectivity index (χ0) is 14.0. The fraction of sp³-hybridized carbons (Fsp3) is 0.500. The van der Waals surface area contributed by atoms with Gasteiger partial charge >= 0.3 is 0 Å². The van der Waals surface area contributed by atoms with Crippen molar-refractivity contribution in [2.75, 3.05) is 19.6 Å². The Morgan fingerprint density at radius 1 is 1.47 bits per heavy atom. The van der Waals surface area contributed by atoms with Crippen LogP contribution in [-0.4, -0.2) is 32.4 Å². The molecule has 0 aromatic heterocycles. The van der Waals surface area contributed by atoms with E-state index < -0.39 is 10.0 Å². The molecule has 7 heteroatoms. The van der Waals surface area contributed by atoms with Crippen LogP contribution in [0.3, 0.4) is 0 Å². The molecule has 0 saturated carbocycles. The van der Waals surface area contributed by atoms with Crippen LogP contribution in [-0.2, 0) is 10.0 Å². The predicted molar refractivity (Wildman–Crippen MR) is 79.7 cm³/mol. The van der Waals surface area contributed by atoms with Gasteiger partial charge in [-0.15, -0.1) is 0 Å². The minimum Gasteiger partial charge on any atom is -0.330 e. The molecule has 0 radical (unpaired) electrons. The number of nitrogens with two attached hydrogens (primary N) is 1. The Morgan fingerprint density at radius 2 is 2.21 bits per heavy atom. The Balaban J connectivity index is 2.31. The van der Waals surface area contributed by atoms with Crippen molar-refractivity contribution in [3.05, 3.63) is 27.7 Å². The minimum absolute atomic E-state index is 0.162. The number of nitrogens with zero attached hydrogens (tertiary/aromatic N) is 1. The van der Waals surface area contributed by atoms with Gasteiger partial charge in [0.1, 0.15) is 4.90 Å². The summed E-state index contributed by atoms with van der Waals surface area (Å²) < 4.78 is 27.4. The lowest BCUT2D eigenvalue weighted by Crippen LogP contribution is -2.42. The SMILES string of the molecule is NCC1CCCN(S(=O)(=O)c2ccc(Br)cc2Cl)C1. The summed E-state index contributed by atoms with van der Waals surface area (Å²) in [5, 5.41) is 0.240. The molecule has 106 valence electrons. The van der Waals surface area contributed by atoms with Gasteiger partial charge in [0.2, 0.25) is 10.0 Å². The number of benzene rings is 1. The fourth-order valence-electron chi connectivity index (χ4n) is 2.26. The van der Waals surface area contributed by atoms with E-state index in [9.17, 15) is 8.42 Å². The topological polar surface area (TPSA) is 63.4 Å². The van der Waals surface area contributed by atoms with E-state index in [1.54, 1.807) is 12.1 Å². The van der Waals surface area contributed by atoms with Crippen LogP contribution in [0.25, 0.3) is 0 Å². The van der Waals surface area contributed by atoms with E-state index in [4.69, 9.17) is 17.3 Å². The van der Waals surface area contributed by atoms with Crippen molar-refractivity contribution >= 4 is 37.6 Å². The van der Waals surface area contributed by atoms with Gasteiger partial charge in [-0.1, -0.05) is 27.5 Å². The molecule has 1 aliphatic rings. The molecule has 2 rings (SSSR count). The lowest BCUT2D eigenvalue weighted by atomic mass is 10.0. The Morgan fingerprint density at radius 3 is 2.84 bits per heavy atom. The van der Waals surface area contributed by atoms with Gasteiger partial charge in [0.05, 0.1) is 5.02 Å². The van der Waals surface area contributed by atoms with E-state index in [2.05, 4.69) is 15.9 Å².